The number of carboxylic acid groups (broad SMARTS) is 1. The quantitative estimate of drug-likeness (QED) is 0.327. The number of nitrogens with zero attached hydrogens (tertiary/aromatic N) is 3. The summed E-state index contributed by atoms with van der Waals surface area (Å²) < 4.78 is 13.8. The first kappa shape index (κ1) is 23.0. The molecule has 2 aromatic heterocycles. The Hall–Kier alpha value is -4.43. The number of fused-ring (bicyclic) bond motifs is 2. The predicted molar refractivity (Wildman–Crippen MR) is 141 cm³/mol. The maximum Gasteiger partial charge on any atom is 0.307 e. The molecule has 8 heteroatoms. The van der Waals surface area contributed by atoms with Gasteiger partial charge in [-0.25, -0.2) is 4.98 Å². The molecule has 0 aliphatic carbocycles. The van der Waals surface area contributed by atoms with Gasteiger partial charge in [0, 0.05) is 29.1 Å². The monoisotopic (exact) mass is 494 g/mol. The van der Waals surface area contributed by atoms with Crippen molar-refractivity contribution in [3.05, 3.63) is 84.2 Å². The maximum absolute atomic E-state index is 11.3. The van der Waals surface area contributed by atoms with Gasteiger partial charge in [0.1, 0.15) is 23.9 Å². The molecule has 37 heavy (non-hydrogen) atoms. The third-order valence-corrected chi connectivity index (χ3v) is 6.86. The number of nitrogen functional groups attached to an aromatic ring is 1. The van der Waals surface area contributed by atoms with Gasteiger partial charge >= 0.3 is 5.97 Å². The summed E-state index contributed by atoms with van der Waals surface area (Å²) in [5.41, 5.74) is 10.7. The molecule has 8 nitrogen and oxygen atoms in total. The van der Waals surface area contributed by atoms with Crippen LogP contribution in [-0.2, 0) is 22.6 Å². The van der Waals surface area contributed by atoms with Gasteiger partial charge in [-0.1, -0.05) is 42.5 Å². The number of anilines is 1. The number of para-hydroxylation sites is 1. The number of aliphatic carboxylic acids is 1. The first-order valence-electron chi connectivity index (χ1n) is 12.2. The molecule has 3 heterocycles. The summed E-state index contributed by atoms with van der Waals surface area (Å²) in [6.45, 7) is 1.55. The molecule has 186 valence electrons. The molecule has 1 atom stereocenters. The van der Waals surface area contributed by atoms with E-state index >= 15 is 0 Å². The van der Waals surface area contributed by atoms with E-state index in [9.17, 15) is 9.90 Å². The third-order valence-electron chi connectivity index (χ3n) is 6.86. The van der Waals surface area contributed by atoms with Crippen LogP contribution in [0.1, 0.15) is 23.7 Å². The van der Waals surface area contributed by atoms with E-state index < -0.39 is 5.97 Å². The van der Waals surface area contributed by atoms with Crippen LogP contribution in [0.25, 0.3) is 32.8 Å². The highest BCUT2D eigenvalue weighted by atomic mass is 16.5. The van der Waals surface area contributed by atoms with E-state index in [2.05, 4.69) is 29.2 Å². The second kappa shape index (κ2) is 9.55. The number of hydrogen-bond donors (Lipinski definition) is 2. The van der Waals surface area contributed by atoms with Crippen molar-refractivity contribution in [2.45, 2.75) is 25.5 Å². The Bertz CT molecular complexity index is 1620. The lowest BCUT2D eigenvalue weighted by Gasteiger charge is -2.11. The van der Waals surface area contributed by atoms with Crippen LogP contribution in [0.15, 0.2) is 72.9 Å². The Labute approximate surface area is 213 Å². The number of ether oxygens (including phenoxy) is 2. The van der Waals surface area contributed by atoms with Gasteiger partial charge in [-0.2, -0.15) is 5.10 Å². The number of aromatic nitrogens is 3. The van der Waals surface area contributed by atoms with E-state index in [1.54, 1.807) is 18.3 Å². The Kier molecular flexibility index (Phi) is 5.94. The standard InChI is InChI=1S/C29H26N4O4/c30-29-23-6-3-5-21(22(23)10-12-31-29)18-8-9-26-24(14-18)25(32-33(26)20-11-13-36-16-20)17-37-27-7-2-1-4-19(27)15-28(34)35/h1-10,12,14,20H,11,13,15-17H2,(H2,30,31)(H,34,35). The average molecular weight is 495 g/mol. The number of hydrogen-bond acceptors (Lipinski definition) is 6. The zero-order valence-corrected chi connectivity index (χ0v) is 20.1. The Morgan fingerprint density at radius 1 is 1.08 bits per heavy atom. The Morgan fingerprint density at radius 2 is 1.97 bits per heavy atom. The van der Waals surface area contributed by atoms with Gasteiger partial charge in [-0.15, -0.1) is 0 Å². The van der Waals surface area contributed by atoms with Crippen molar-refractivity contribution < 1.29 is 19.4 Å². The topological polar surface area (TPSA) is 112 Å². The van der Waals surface area contributed by atoms with Crippen LogP contribution >= 0.6 is 0 Å². The molecule has 0 bridgehead atoms. The molecule has 1 unspecified atom stereocenters. The van der Waals surface area contributed by atoms with Crippen LogP contribution in [0.3, 0.4) is 0 Å². The summed E-state index contributed by atoms with van der Waals surface area (Å²) in [6.07, 6.45) is 2.52. The molecule has 5 aromatic rings. The molecule has 0 radical (unpaired) electrons. The van der Waals surface area contributed by atoms with E-state index in [4.69, 9.17) is 20.3 Å². The molecule has 1 aliphatic heterocycles. The fourth-order valence-electron chi connectivity index (χ4n) is 5.05. The highest BCUT2D eigenvalue weighted by Gasteiger charge is 2.23. The van der Waals surface area contributed by atoms with E-state index in [-0.39, 0.29) is 19.1 Å². The van der Waals surface area contributed by atoms with Gasteiger partial charge in [-0.05, 0) is 47.2 Å². The SMILES string of the molecule is Nc1nccc2c(-c3ccc4c(c3)c(COc3ccccc3CC(=O)O)nn4C3CCOC3)cccc12. The van der Waals surface area contributed by atoms with Crippen molar-refractivity contribution in [2.75, 3.05) is 18.9 Å². The van der Waals surface area contributed by atoms with Gasteiger partial charge < -0.3 is 20.3 Å². The van der Waals surface area contributed by atoms with E-state index in [1.807, 2.05) is 35.0 Å². The van der Waals surface area contributed by atoms with Crippen molar-refractivity contribution in [3.8, 4) is 16.9 Å². The van der Waals surface area contributed by atoms with Gasteiger partial charge in [0.25, 0.3) is 0 Å². The maximum atomic E-state index is 11.3. The molecule has 3 N–H and O–H groups in total. The lowest BCUT2D eigenvalue weighted by atomic mass is 9.97. The van der Waals surface area contributed by atoms with Crippen LogP contribution in [-0.4, -0.2) is 39.1 Å². The smallest absolute Gasteiger partial charge is 0.307 e. The van der Waals surface area contributed by atoms with Crippen LogP contribution < -0.4 is 10.5 Å². The fourth-order valence-corrected chi connectivity index (χ4v) is 5.05. The summed E-state index contributed by atoms with van der Waals surface area (Å²) in [4.78, 5) is 15.5. The van der Waals surface area contributed by atoms with Crippen molar-refractivity contribution in [1.29, 1.82) is 0 Å². The highest BCUT2D eigenvalue weighted by Crippen LogP contribution is 2.35. The minimum absolute atomic E-state index is 0.103. The molecular weight excluding hydrogens is 468 g/mol. The van der Waals surface area contributed by atoms with Crippen molar-refractivity contribution in [2.24, 2.45) is 0 Å². The molecule has 3 aromatic carbocycles. The minimum Gasteiger partial charge on any atom is -0.487 e. The zero-order valence-electron chi connectivity index (χ0n) is 20.1. The molecule has 1 saturated heterocycles. The summed E-state index contributed by atoms with van der Waals surface area (Å²) in [6, 6.07) is 21.7. The first-order valence-corrected chi connectivity index (χ1v) is 12.2. The number of carboxylic acids is 1. The van der Waals surface area contributed by atoms with Gasteiger partial charge in [-0.3, -0.25) is 9.48 Å². The number of carbonyl (C=O) groups is 1. The van der Waals surface area contributed by atoms with Gasteiger partial charge in [0.05, 0.1) is 24.6 Å². The summed E-state index contributed by atoms with van der Waals surface area (Å²) in [5, 5.41) is 17.2. The summed E-state index contributed by atoms with van der Waals surface area (Å²) in [5.74, 6) is 0.149. The fraction of sp³-hybridized carbons (Fsp3) is 0.207. The number of nitrogens with two attached hydrogens (primary N) is 1. The molecule has 1 fully saturated rings. The van der Waals surface area contributed by atoms with E-state index in [0.29, 0.717) is 30.3 Å². The molecule has 0 amide bonds. The highest BCUT2D eigenvalue weighted by molar-refractivity contribution is 6.02. The average Bonchev–Trinajstić information content (AvgIpc) is 3.56. The molecule has 0 saturated carbocycles. The lowest BCUT2D eigenvalue weighted by molar-refractivity contribution is -0.136. The van der Waals surface area contributed by atoms with Crippen LogP contribution in [0, 0.1) is 0 Å². The zero-order chi connectivity index (χ0) is 25.4. The number of pyridine rings is 1. The minimum atomic E-state index is -0.900. The summed E-state index contributed by atoms with van der Waals surface area (Å²) >= 11 is 0. The molecule has 6 rings (SSSR count). The molecule has 0 spiro atoms. The van der Waals surface area contributed by atoms with E-state index in [1.165, 1.54) is 0 Å². The normalized spacial score (nSPS) is 15.4. The number of benzene rings is 3. The second-order valence-electron chi connectivity index (χ2n) is 9.20. The predicted octanol–water partition coefficient (Wildman–Crippen LogP) is 5.00. The van der Waals surface area contributed by atoms with Crippen LogP contribution in [0.2, 0.25) is 0 Å². The Morgan fingerprint density at radius 3 is 2.81 bits per heavy atom. The largest absolute Gasteiger partial charge is 0.487 e. The van der Waals surface area contributed by atoms with Crippen LogP contribution in [0.5, 0.6) is 5.75 Å². The van der Waals surface area contributed by atoms with Crippen LogP contribution in [0.4, 0.5) is 5.82 Å². The third kappa shape index (κ3) is 4.36. The van der Waals surface area contributed by atoms with Gasteiger partial charge in [0.15, 0.2) is 0 Å². The van der Waals surface area contributed by atoms with Gasteiger partial charge in [0.2, 0.25) is 0 Å². The Balaban J connectivity index is 1.43. The lowest BCUT2D eigenvalue weighted by Crippen LogP contribution is -2.11. The first-order chi connectivity index (χ1) is 18.1. The molecular formula is C29H26N4O4. The van der Waals surface area contributed by atoms with Crippen molar-refractivity contribution in [3.63, 3.8) is 0 Å². The summed E-state index contributed by atoms with van der Waals surface area (Å²) in [7, 11) is 0. The van der Waals surface area contributed by atoms with Crippen molar-refractivity contribution in [1.82, 2.24) is 14.8 Å². The van der Waals surface area contributed by atoms with E-state index in [0.717, 1.165) is 44.9 Å². The molecule has 1 aliphatic rings. The number of rotatable bonds is 7. The second-order valence-corrected chi connectivity index (χ2v) is 9.20. The van der Waals surface area contributed by atoms with Crippen molar-refractivity contribution >= 4 is 33.5 Å².